The molecule has 134 valence electrons. The number of hydrogen-bond acceptors (Lipinski definition) is 4. The van der Waals surface area contributed by atoms with Crippen LogP contribution in [0, 0.1) is 6.92 Å². The fourth-order valence-corrected chi connectivity index (χ4v) is 4.32. The van der Waals surface area contributed by atoms with Crippen molar-refractivity contribution in [3.05, 3.63) is 59.5 Å². The number of hydrogen-bond donors (Lipinski definition) is 0. The van der Waals surface area contributed by atoms with Gasteiger partial charge in [0.2, 0.25) is 0 Å². The number of likely N-dealkylation sites (tertiary alicyclic amines) is 1. The number of ether oxygens (including phenoxy) is 1. The Morgan fingerprint density at radius 2 is 1.80 bits per heavy atom. The molecule has 2 saturated heterocycles. The molecule has 0 radical (unpaired) electrons. The van der Waals surface area contributed by atoms with E-state index in [1.807, 2.05) is 6.92 Å². The van der Waals surface area contributed by atoms with Gasteiger partial charge in [-0.05, 0) is 37.5 Å². The van der Waals surface area contributed by atoms with Crippen molar-refractivity contribution >= 4 is 0 Å². The van der Waals surface area contributed by atoms with Crippen LogP contribution in [0.15, 0.2) is 46.9 Å². The van der Waals surface area contributed by atoms with Crippen molar-refractivity contribution in [2.75, 3.05) is 32.8 Å². The van der Waals surface area contributed by atoms with Gasteiger partial charge in [-0.2, -0.15) is 0 Å². The molecule has 4 rings (SSSR count). The zero-order valence-corrected chi connectivity index (χ0v) is 15.1. The normalized spacial score (nSPS) is 25.5. The van der Waals surface area contributed by atoms with Crippen molar-refractivity contribution in [1.29, 1.82) is 0 Å². The van der Waals surface area contributed by atoms with Crippen molar-refractivity contribution in [2.45, 2.75) is 38.4 Å². The van der Waals surface area contributed by atoms with Crippen LogP contribution >= 0.6 is 0 Å². The molecule has 0 aliphatic carbocycles. The van der Waals surface area contributed by atoms with Gasteiger partial charge in [-0.3, -0.25) is 9.80 Å². The van der Waals surface area contributed by atoms with Crippen LogP contribution in [0.3, 0.4) is 0 Å². The molecule has 1 aromatic heterocycles. The van der Waals surface area contributed by atoms with Crippen molar-refractivity contribution in [1.82, 2.24) is 9.80 Å². The van der Waals surface area contributed by atoms with E-state index in [1.54, 1.807) is 0 Å². The van der Waals surface area contributed by atoms with Gasteiger partial charge in [0.1, 0.15) is 11.5 Å². The Morgan fingerprint density at radius 1 is 1.00 bits per heavy atom. The lowest BCUT2D eigenvalue weighted by Crippen LogP contribution is -2.50. The Balaban J connectivity index is 1.52. The van der Waals surface area contributed by atoms with Crippen LogP contribution < -0.4 is 0 Å². The average Bonchev–Trinajstić information content (AvgIpc) is 3.23. The van der Waals surface area contributed by atoms with Crippen LogP contribution in [0.1, 0.15) is 23.5 Å². The number of rotatable bonds is 5. The van der Waals surface area contributed by atoms with Gasteiger partial charge in [0.25, 0.3) is 0 Å². The summed E-state index contributed by atoms with van der Waals surface area (Å²) in [6.07, 6.45) is 2.33. The quantitative estimate of drug-likeness (QED) is 0.836. The van der Waals surface area contributed by atoms with Crippen molar-refractivity contribution in [3.8, 4) is 0 Å². The molecular weight excluding hydrogens is 312 g/mol. The standard InChI is InChI=1S/C21H28N2O2/c1-17-7-8-19(25-17)16-23-10-9-20(22-11-13-24-14-12-22)21(23)15-18-5-3-2-4-6-18/h2-8,20-21H,9-16H2,1H3/t20-,21+/m0/s1. The summed E-state index contributed by atoms with van der Waals surface area (Å²) in [7, 11) is 0. The monoisotopic (exact) mass is 340 g/mol. The average molecular weight is 340 g/mol. The third-order valence-electron chi connectivity index (χ3n) is 5.58. The molecule has 2 aromatic rings. The number of benzene rings is 1. The SMILES string of the molecule is Cc1ccc(CN2CC[C@H](N3CCOCC3)[C@H]2Cc2ccccc2)o1. The first-order valence-corrected chi connectivity index (χ1v) is 9.45. The van der Waals surface area contributed by atoms with E-state index in [2.05, 4.69) is 52.3 Å². The van der Waals surface area contributed by atoms with E-state index < -0.39 is 0 Å². The second-order valence-corrected chi connectivity index (χ2v) is 7.24. The summed E-state index contributed by atoms with van der Waals surface area (Å²) >= 11 is 0. The second kappa shape index (κ2) is 7.73. The number of furan rings is 1. The molecule has 0 bridgehead atoms. The van der Waals surface area contributed by atoms with Crippen LogP contribution in [0.5, 0.6) is 0 Å². The smallest absolute Gasteiger partial charge is 0.118 e. The van der Waals surface area contributed by atoms with E-state index in [-0.39, 0.29) is 0 Å². The molecule has 0 amide bonds. The lowest BCUT2D eigenvalue weighted by molar-refractivity contribution is 0.00755. The highest BCUT2D eigenvalue weighted by Crippen LogP contribution is 2.28. The Morgan fingerprint density at radius 3 is 2.52 bits per heavy atom. The Labute approximate surface area is 150 Å². The van der Waals surface area contributed by atoms with Crippen LogP contribution in [0.25, 0.3) is 0 Å². The van der Waals surface area contributed by atoms with E-state index >= 15 is 0 Å². The molecule has 4 nitrogen and oxygen atoms in total. The molecule has 2 atom stereocenters. The van der Waals surface area contributed by atoms with Gasteiger partial charge in [0.15, 0.2) is 0 Å². The summed E-state index contributed by atoms with van der Waals surface area (Å²) < 4.78 is 11.4. The van der Waals surface area contributed by atoms with Gasteiger partial charge in [-0.25, -0.2) is 0 Å². The molecule has 0 N–H and O–H groups in total. The number of aryl methyl sites for hydroxylation is 1. The number of nitrogens with zero attached hydrogens (tertiary/aromatic N) is 2. The molecule has 2 fully saturated rings. The van der Waals surface area contributed by atoms with Crippen LogP contribution in [-0.2, 0) is 17.7 Å². The Bertz CT molecular complexity index is 664. The first-order valence-electron chi connectivity index (χ1n) is 9.45. The zero-order chi connectivity index (χ0) is 17.1. The zero-order valence-electron chi connectivity index (χ0n) is 15.1. The van der Waals surface area contributed by atoms with E-state index in [1.165, 1.54) is 12.0 Å². The summed E-state index contributed by atoms with van der Waals surface area (Å²) in [6, 6.07) is 16.2. The summed E-state index contributed by atoms with van der Waals surface area (Å²) in [5.41, 5.74) is 1.42. The summed E-state index contributed by atoms with van der Waals surface area (Å²) in [4.78, 5) is 5.26. The van der Waals surface area contributed by atoms with Crippen LogP contribution in [0.2, 0.25) is 0 Å². The molecule has 0 unspecified atom stereocenters. The Kier molecular flexibility index (Phi) is 5.20. The molecule has 4 heteroatoms. The van der Waals surface area contributed by atoms with Gasteiger partial charge in [-0.15, -0.1) is 0 Å². The predicted molar refractivity (Wildman–Crippen MR) is 98.6 cm³/mol. The van der Waals surface area contributed by atoms with Gasteiger partial charge < -0.3 is 9.15 Å². The maximum absolute atomic E-state index is 5.85. The third kappa shape index (κ3) is 3.97. The van der Waals surface area contributed by atoms with E-state index in [0.29, 0.717) is 12.1 Å². The highest BCUT2D eigenvalue weighted by Gasteiger charge is 2.38. The topological polar surface area (TPSA) is 28.9 Å². The first kappa shape index (κ1) is 16.8. The predicted octanol–water partition coefficient (Wildman–Crippen LogP) is 3.11. The van der Waals surface area contributed by atoms with E-state index in [0.717, 1.165) is 57.3 Å². The van der Waals surface area contributed by atoms with Crippen molar-refractivity contribution in [2.24, 2.45) is 0 Å². The highest BCUT2D eigenvalue weighted by molar-refractivity contribution is 5.18. The second-order valence-electron chi connectivity index (χ2n) is 7.24. The van der Waals surface area contributed by atoms with Gasteiger partial charge in [0, 0.05) is 31.7 Å². The summed E-state index contributed by atoms with van der Waals surface area (Å²) in [6.45, 7) is 7.92. The molecular formula is C21H28N2O2. The molecule has 0 saturated carbocycles. The van der Waals surface area contributed by atoms with Crippen LogP contribution in [0.4, 0.5) is 0 Å². The molecule has 3 heterocycles. The maximum Gasteiger partial charge on any atom is 0.118 e. The summed E-state index contributed by atoms with van der Waals surface area (Å²) in [5, 5.41) is 0. The minimum atomic E-state index is 0.533. The van der Waals surface area contributed by atoms with Gasteiger partial charge in [-0.1, -0.05) is 30.3 Å². The molecule has 1 aromatic carbocycles. The van der Waals surface area contributed by atoms with Crippen LogP contribution in [-0.4, -0.2) is 54.7 Å². The fourth-order valence-electron chi connectivity index (χ4n) is 4.32. The number of morpholine rings is 1. The van der Waals surface area contributed by atoms with Crippen molar-refractivity contribution in [3.63, 3.8) is 0 Å². The lowest BCUT2D eigenvalue weighted by atomic mass is 9.98. The third-order valence-corrected chi connectivity index (χ3v) is 5.58. The Hall–Kier alpha value is -1.62. The minimum Gasteiger partial charge on any atom is -0.465 e. The van der Waals surface area contributed by atoms with Crippen molar-refractivity contribution < 1.29 is 9.15 Å². The minimum absolute atomic E-state index is 0.533. The lowest BCUT2D eigenvalue weighted by Gasteiger charge is -2.37. The first-order chi connectivity index (χ1) is 12.3. The molecule has 0 spiro atoms. The fraction of sp³-hybridized carbons (Fsp3) is 0.524. The van der Waals surface area contributed by atoms with Gasteiger partial charge in [0.05, 0.1) is 19.8 Å². The molecule has 25 heavy (non-hydrogen) atoms. The molecule has 2 aliphatic heterocycles. The highest BCUT2D eigenvalue weighted by atomic mass is 16.5. The van der Waals surface area contributed by atoms with E-state index in [4.69, 9.17) is 9.15 Å². The van der Waals surface area contributed by atoms with E-state index in [9.17, 15) is 0 Å². The van der Waals surface area contributed by atoms with Gasteiger partial charge >= 0.3 is 0 Å². The summed E-state index contributed by atoms with van der Waals surface area (Å²) in [5.74, 6) is 2.08. The largest absolute Gasteiger partial charge is 0.465 e. The maximum atomic E-state index is 5.85. The molecule has 2 aliphatic rings.